The number of carbonyl (C=O) groups excluding carboxylic acids is 1. The summed E-state index contributed by atoms with van der Waals surface area (Å²) in [6.45, 7) is 9.05. The Labute approximate surface area is 99.8 Å². The van der Waals surface area contributed by atoms with Gasteiger partial charge in [0.15, 0.2) is 0 Å². The van der Waals surface area contributed by atoms with Crippen molar-refractivity contribution in [2.24, 2.45) is 11.8 Å². The smallest absolute Gasteiger partial charge is 0.224 e. The first-order valence-electron chi connectivity index (χ1n) is 5.47. The molecule has 0 heterocycles. The quantitative estimate of drug-likeness (QED) is 0.739. The van der Waals surface area contributed by atoms with Gasteiger partial charge in [-0.05, 0) is 19.9 Å². The third-order valence-corrected chi connectivity index (χ3v) is 2.83. The maximum absolute atomic E-state index is 11.6. The number of hydrogen-bond donors (Lipinski definition) is 2. The van der Waals surface area contributed by atoms with Gasteiger partial charge in [0, 0.05) is 18.5 Å². The minimum Gasteiger partial charge on any atom is -0.353 e. The highest BCUT2D eigenvalue weighted by Crippen LogP contribution is 2.07. The average molecular weight is 237 g/mol. The summed E-state index contributed by atoms with van der Waals surface area (Å²) in [6.07, 6.45) is 1.10. The zero-order chi connectivity index (χ0) is 11.1. The fraction of sp³-hybridized carbons (Fsp3) is 0.909. The highest BCUT2D eigenvalue weighted by atomic mass is 35.5. The highest BCUT2D eigenvalue weighted by Gasteiger charge is 2.17. The van der Waals surface area contributed by atoms with E-state index in [4.69, 9.17) is 0 Å². The van der Waals surface area contributed by atoms with Crippen molar-refractivity contribution in [1.29, 1.82) is 0 Å². The Bertz CT molecular complexity index is 176. The summed E-state index contributed by atoms with van der Waals surface area (Å²) in [7, 11) is 1.86. The Balaban J connectivity index is 0. The SMILES string of the molecule is CCC(C)C(C)NC(=O)C(C)CNC.Cl. The predicted octanol–water partition coefficient (Wildman–Crippen LogP) is 1.81. The summed E-state index contributed by atoms with van der Waals surface area (Å²) in [4.78, 5) is 11.6. The zero-order valence-electron chi connectivity index (χ0n) is 10.5. The topological polar surface area (TPSA) is 41.1 Å². The van der Waals surface area contributed by atoms with Gasteiger partial charge in [-0.2, -0.15) is 0 Å². The fourth-order valence-electron chi connectivity index (χ4n) is 1.26. The molecule has 0 radical (unpaired) electrons. The van der Waals surface area contributed by atoms with Crippen LogP contribution in [-0.2, 0) is 4.79 Å². The van der Waals surface area contributed by atoms with Crippen LogP contribution in [0.2, 0.25) is 0 Å². The van der Waals surface area contributed by atoms with E-state index in [1.807, 2.05) is 14.0 Å². The van der Waals surface area contributed by atoms with Crippen molar-refractivity contribution in [2.75, 3.05) is 13.6 Å². The standard InChI is InChI=1S/C11H24N2O.ClH/c1-6-8(2)10(4)13-11(14)9(3)7-12-5;/h8-10,12H,6-7H2,1-5H3,(H,13,14);1H. The van der Waals surface area contributed by atoms with Gasteiger partial charge in [0.25, 0.3) is 0 Å². The minimum atomic E-state index is 0. The predicted molar refractivity (Wildman–Crippen MR) is 67.4 cm³/mol. The summed E-state index contributed by atoms with van der Waals surface area (Å²) >= 11 is 0. The average Bonchev–Trinajstić information content (AvgIpc) is 2.16. The number of carbonyl (C=O) groups is 1. The lowest BCUT2D eigenvalue weighted by Crippen LogP contribution is -2.42. The second-order valence-electron chi connectivity index (χ2n) is 4.14. The Morgan fingerprint density at radius 3 is 2.20 bits per heavy atom. The van der Waals surface area contributed by atoms with E-state index in [2.05, 4.69) is 31.4 Å². The van der Waals surface area contributed by atoms with Gasteiger partial charge in [0.05, 0.1) is 0 Å². The first-order chi connectivity index (χ1) is 6.52. The van der Waals surface area contributed by atoms with E-state index in [9.17, 15) is 4.79 Å². The van der Waals surface area contributed by atoms with Crippen LogP contribution in [0.3, 0.4) is 0 Å². The Kier molecular flexibility index (Phi) is 10.3. The minimum absolute atomic E-state index is 0. The van der Waals surface area contributed by atoms with Gasteiger partial charge >= 0.3 is 0 Å². The summed E-state index contributed by atoms with van der Waals surface area (Å²) in [5.41, 5.74) is 0. The Morgan fingerprint density at radius 2 is 1.80 bits per heavy atom. The lowest BCUT2D eigenvalue weighted by atomic mass is 10.00. The molecule has 3 atom stereocenters. The van der Waals surface area contributed by atoms with Crippen molar-refractivity contribution >= 4 is 18.3 Å². The first-order valence-corrected chi connectivity index (χ1v) is 5.47. The van der Waals surface area contributed by atoms with Crippen LogP contribution < -0.4 is 10.6 Å². The van der Waals surface area contributed by atoms with Crippen LogP contribution in [0, 0.1) is 11.8 Å². The fourth-order valence-corrected chi connectivity index (χ4v) is 1.26. The molecule has 3 unspecified atom stereocenters. The van der Waals surface area contributed by atoms with Crippen LogP contribution in [0.1, 0.15) is 34.1 Å². The van der Waals surface area contributed by atoms with Gasteiger partial charge in [-0.25, -0.2) is 0 Å². The Morgan fingerprint density at radius 1 is 1.27 bits per heavy atom. The van der Waals surface area contributed by atoms with E-state index in [1.54, 1.807) is 0 Å². The lowest BCUT2D eigenvalue weighted by molar-refractivity contribution is -0.125. The first kappa shape index (κ1) is 17.1. The molecule has 0 aromatic carbocycles. The molecular formula is C11H25ClN2O. The van der Waals surface area contributed by atoms with Crippen LogP contribution in [0.5, 0.6) is 0 Å². The largest absolute Gasteiger partial charge is 0.353 e. The maximum Gasteiger partial charge on any atom is 0.224 e. The molecule has 3 nitrogen and oxygen atoms in total. The van der Waals surface area contributed by atoms with Crippen LogP contribution in [0.25, 0.3) is 0 Å². The molecule has 0 bridgehead atoms. The molecule has 0 saturated carbocycles. The van der Waals surface area contributed by atoms with Crippen LogP contribution in [0.4, 0.5) is 0 Å². The third-order valence-electron chi connectivity index (χ3n) is 2.83. The van der Waals surface area contributed by atoms with Crippen molar-refractivity contribution in [2.45, 2.75) is 40.2 Å². The molecule has 0 spiro atoms. The van der Waals surface area contributed by atoms with Crippen LogP contribution >= 0.6 is 12.4 Å². The monoisotopic (exact) mass is 236 g/mol. The molecule has 0 aromatic heterocycles. The summed E-state index contributed by atoms with van der Waals surface area (Å²) in [5, 5.41) is 6.04. The van der Waals surface area contributed by atoms with Crippen LogP contribution in [-0.4, -0.2) is 25.5 Å². The van der Waals surface area contributed by atoms with Crippen molar-refractivity contribution in [3.8, 4) is 0 Å². The molecule has 0 rings (SSSR count). The van der Waals surface area contributed by atoms with E-state index in [0.717, 1.165) is 13.0 Å². The number of amides is 1. The van der Waals surface area contributed by atoms with Gasteiger partial charge in [-0.1, -0.05) is 27.2 Å². The van der Waals surface area contributed by atoms with E-state index >= 15 is 0 Å². The molecular weight excluding hydrogens is 212 g/mol. The van der Waals surface area contributed by atoms with E-state index in [-0.39, 0.29) is 30.3 Å². The number of halogens is 1. The van der Waals surface area contributed by atoms with E-state index in [1.165, 1.54) is 0 Å². The number of nitrogens with one attached hydrogen (secondary N) is 2. The number of hydrogen-bond acceptors (Lipinski definition) is 2. The molecule has 2 N–H and O–H groups in total. The molecule has 15 heavy (non-hydrogen) atoms. The van der Waals surface area contributed by atoms with E-state index in [0.29, 0.717) is 5.92 Å². The normalized spacial score (nSPS) is 16.1. The molecule has 0 aliphatic heterocycles. The van der Waals surface area contributed by atoms with Gasteiger partial charge in [0.1, 0.15) is 0 Å². The second-order valence-corrected chi connectivity index (χ2v) is 4.14. The molecule has 0 fully saturated rings. The van der Waals surface area contributed by atoms with Crippen molar-refractivity contribution < 1.29 is 4.79 Å². The van der Waals surface area contributed by atoms with Crippen molar-refractivity contribution in [1.82, 2.24) is 10.6 Å². The van der Waals surface area contributed by atoms with Gasteiger partial charge in [-0.15, -0.1) is 12.4 Å². The molecule has 92 valence electrons. The summed E-state index contributed by atoms with van der Waals surface area (Å²) in [6, 6.07) is 0.270. The van der Waals surface area contributed by atoms with Gasteiger partial charge in [0.2, 0.25) is 5.91 Å². The van der Waals surface area contributed by atoms with E-state index < -0.39 is 0 Å². The van der Waals surface area contributed by atoms with Crippen molar-refractivity contribution in [3.05, 3.63) is 0 Å². The Hall–Kier alpha value is -0.280. The molecule has 1 amide bonds. The second kappa shape index (κ2) is 8.98. The highest BCUT2D eigenvalue weighted by molar-refractivity contribution is 5.85. The molecule has 0 saturated heterocycles. The van der Waals surface area contributed by atoms with Gasteiger partial charge in [-0.3, -0.25) is 4.79 Å². The lowest BCUT2D eigenvalue weighted by Gasteiger charge is -2.22. The third kappa shape index (κ3) is 6.74. The molecule has 0 aromatic rings. The molecule has 0 aliphatic rings. The number of rotatable bonds is 6. The van der Waals surface area contributed by atoms with Crippen LogP contribution in [0.15, 0.2) is 0 Å². The van der Waals surface area contributed by atoms with Crippen molar-refractivity contribution in [3.63, 3.8) is 0 Å². The molecule has 0 aliphatic carbocycles. The molecule has 4 heteroatoms. The summed E-state index contributed by atoms with van der Waals surface area (Å²) in [5.74, 6) is 0.736. The summed E-state index contributed by atoms with van der Waals surface area (Å²) < 4.78 is 0. The van der Waals surface area contributed by atoms with Gasteiger partial charge < -0.3 is 10.6 Å². The zero-order valence-corrected chi connectivity index (χ0v) is 11.3. The maximum atomic E-state index is 11.6.